The van der Waals surface area contributed by atoms with Gasteiger partial charge in [0.1, 0.15) is 8.07 Å². The quantitative estimate of drug-likeness (QED) is 0.0995. The Bertz CT molecular complexity index is 4200. The molecule has 1 heterocycles. The molecular weight excluding hydrogens is 959 g/mol. The summed E-state index contributed by atoms with van der Waals surface area (Å²) >= 11 is 0. The summed E-state index contributed by atoms with van der Waals surface area (Å²) in [5.41, 5.74) is 15.7. The van der Waals surface area contributed by atoms with Crippen molar-refractivity contribution in [3.8, 4) is 55.6 Å². The molecule has 0 radical (unpaired) electrons. The molecule has 12 aromatic carbocycles. The van der Waals surface area contributed by atoms with Crippen LogP contribution in [-0.4, -0.2) is 8.07 Å². The maximum absolute atomic E-state index is 17.8. The third kappa shape index (κ3) is 8.40. The summed E-state index contributed by atoms with van der Waals surface area (Å²) in [5.74, 6) is -0.572. The molecule has 0 bridgehead atoms. The van der Waals surface area contributed by atoms with Gasteiger partial charge < -0.3 is 9.80 Å². The SMILES string of the molecule is Cc1ccc(N(c2ccc3c(c2)[Si](C)(C)c2cccc4c2c-3cc2ccc(N(c3ccc(C)cc3)c3cc(-c5ccccc5)cc(-c5ccccc5)c3F)cc24)c2cc(-c3ccccc3)cc(-c3ccccc3)c2F)cc1. The van der Waals surface area contributed by atoms with Crippen LogP contribution in [0.2, 0.25) is 13.1 Å². The van der Waals surface area contributed by atoms with Crippen LogP contribution in [0.1, 0.15) is 11.1 Å². The van der Waals surface area contributed by atoms with E-state index in [-0.39, 0.29) is 11.6 Å². The number of nitrogens with zero attached hydrogens (tertiary/aromatic N) is 2. The summed E-state index contributed by atoms with van der Waals surface area (Å²) in [7, 11) is -2.49. The lowest BCUT2D eigenvalue weighted by molar-refractivity contribution is 0.632. The van der Waals surface area contributed by atoms with Crippen molar-refractivity contribution in [3.63, 3.8) is 0 Å². The van der Waals surface area contributed by atoms with Gasteiger partial charge in [0.25, 0.3) is 0 Å². The van der Waals surface area contributed by atoms with E-state index in [0.717, 1.165) is 83.4 Å². The van der Waals surface area contributed by atoms with Crippen LogP contribution in [0, 0.1) is 25.5 Å². The molecule has 370 valence electrons. The number of halogens is 2. The predicted octanol–water partition coefficient (Wildman–Crippen LogP) is 19.3. The number of hydrogen-bond acceptors (Lipinski definition) is 2. The summed E-state index contributed by atoms with van der Waals surface area (Å²) in [4.78, 5) is 4.19. The lowest BCUT2D eigenvalue weighted by atomic mass is 9.91. The van der Waals surface area contributed by atoms with E-state index < -0.39 is 8.07 Å². The monoisotopic (exact) mass is 1010 g/mol. The lowest BCUT2D eigenvalue weighted by Gasteiger charge is -2.36. The largest absolute Gasteiger partial charge is 0.308 e. The van der Waals surface area contributed by atoms with Crippen LogP contribution in [0.15, 0.2) is 255 Å². The molecule has 1 aliphatic heterocycles. The molecule has 2 nitrogen and oxygen atoms in total. The highest BCUT2D eigenvalue weighted by molar-refractivity contribution is 7.03. The molecule has 0 saturated heterocycles. The van der Waals surface area contributed by atoms with Crippen LogP contribution in [0.5, 0.6) is 0 Å². The van der Waals surface area contributed by atoms with Gasteiger partial charge in [-0.15, -0.1) is 0 Å². The number of aryl methyl sites for hydroxylation is 2. The highest BCUT2D eigenvalue weighted by Gasteiger charge is 2.37. The van der Waals surface area contributed by atoms with Gasteiger partial charge in [0.2, 0.25) is 0 Å². The first-order valence-corrected chi connectivity index (χ1v) is 29.4. The van der Waals surface area contributed by atoms with Crippen LogP contribution in [-0.2, 0) is 0 Å². The average molecular weight is 1010 g/mol. The summed E-state index contributed by atoms with van der Waals surface area (Å²) < 4.78 is 35.5. The smallest absolute Gasteiger partial charge is 0.155 e. The predicted molar refractivity (Wildman–Crippen MR) is 324 cm³/mol. The van der Waals surface area contributed by atoms with E-state index in [1.54, 1.807) is 0 Å². The molecular formula is C72H54F2N2Si. The third-order valence-corrected chi connectivity index (χ3v) is 19.2. The zero-order valence-corrected chi connectivity index (χ0v) is 44.4. The summed E-state index contributed by atoms with van der Waals surface area (Å²) in [6.45, 7) is 9.05. The number of anilines is 6. The topological polar surface area (TPSA) is 6.48 Å². The molecule has 0 N–H and O–H groups in total. The maximum atomic E-state index is 17.8. The number of benzene rings is 12. The highest BCUT2D eigenvalue weighted by Crippen LogP contribution is 2.47. The molecule has 0 aliphatic carbocycles. The van der Waals surface area contributed by atoms with Gasteiger partial charge in [0.05, 0.1) is 11.4 Å². The molecule has 0 saturated carbocycles. The van der Waals surface area contributed by atoms with E-state index >= 15 is 8.78 Å². The minimum Gasteiger partial charge on any atom is -0.308 e. The Hall–Kier alpha value is -9.16. The molecule has 77 heavy (non-hydrogen) atoms. The van der Waals surface area contributed by atoms with Crippen molar-refractivity contribution in [2.75, 3.05) is 9.80 Å². The van der Waals surface area contributed by atoms with Gasteiger partial charge in [-0.2, -0.15) is 0 Å². The molecule has 0 unspecified atom stereocenters. The lowest BCUT2D eigenvalue weighted by Crippen LogP contribution is -2.56. The first-order chi connectivity index (χ1) is 37.6. The van der Waals surface area contributed by atoms with Crippen LogP contribution < -0.4 is 20.2 Å². The Labute approximate surface area is 450 Å². The Morgan fingerprint density at radius 2 is 0.753 bits per heavy atom. The minimum atomic E-state index is -2.49. The summed E-state index contributed by atoms with van der Waals surface area (Å²) in [6, 6.07) is 87.4. The summed E-state index contributed by atoms with van der Waals surface area (Å²) in [6.07, 6.45) is 0. The first kappa shape index (κ1) is 47.5. The van der Waals surface area contributed by atoms with Crippen molar-refractivity contribution in [1.29, 1.82) is 0 Å². The van der Waals surface area contributed by atoms with Crippen LogP contribution in [0.25, 0.3) is 77.2 Å². The fourth-order valence-electron chi connectivity index (χ4n) is 11.7. The second-order valence-corrected chi connectivity index (χ2v) is 25.3. The van der Waals surface area contributed by atoms with Gasteiger partial charge in [0.15, 0.2) is 11.6 Å². The fourth-order valence-corrected chi connectivity index (χ4v) is 14.8. The van der Waals surface area contributed by atoms with Gasteiger partial charge in [0, 0.05) is 33.9 Å². The zero-order valence-electron chi connectivity index (χ0n) is 43.4. The van der Waals surface area contributed by atoms with E-state index in [0.29, 0.717) is 22.5 Å². The Morgan fingerprint density at radius 1 is 0.312 bits per heavy atom. The van der Waals surface area contributed by atoms with Crippen molar-refractivity contribution < 1.29 is 8.78 Å². The molecule has 0 aromatic heterocycles. The number of rotatable bonds is 10. The van der Waals surface area contributed by atoms with E-state index in [1.807, 2.05) is 121 Å². The summed E-state index contributed by atoms with van der Waals surface area (Å²) in [5, 5.41) is 7.24. The Balaban J connectivity index is 0.992. The van der Waals surface area contributed by atoms with Crippen molar-refractivity contribution in [2.45, 2.75) is 26.9 Å². The van der Waals surface area contributed by atoms with Crippen molar-refractivity contribution in [1.82, 2.24) is 0 Å². The van der Waals surface area contributed by atoms with E-state index in [9.17, 15) is 0 Å². The van der Waals surface area contributed by atoms with Gasteiger partial charge in [-0.25, -0.2) is 8.78 Å². The number of hydrogen-bond donors (Lipinski definition) is 0. The molecule has 1 aliphatic rings. The van der Waals surface area contributed by atoms with Crippen molar-refractivity contribution in [3.05, 3.63) is 278 Å². The average Bonchev–Trinajstić information content (AvgIpc) is 3.62. The molecule has 0 spiro atoms. The standard InChI is InChI=1S/C72H54F2N2Si/c1-47-28-33-56(34-29-47)75(66-43-54(49-18-9-5-10-19-49)41-63(71(66)73)51-22-13-7-14-23-51)58-37-32-53-40-65-60-39-38-59(46-69(60)77(3,4)68-27-17-26-61(70(65)68)62(53)45-58)76(57-35-30-48(2)31-36-57)67-44-55(50-20-11-6-12-21-50)42-64(72(67)74)52-24-15-8-16-25-52/h5-46H,1-4H3. The van der Waals surface area contributed by atoms with Gasteiger partial charge in [-0.1, -0.05) is 200 Å². The van der Waals surface area contributed by atoms with Gasteiger partial charge >= 0.3 is 0 Å². The van der Waals surface area contributed by atoms with E-state index in [1.165, 1.54) is 26.9 Å². The first-order valence-electron chi connectivity index (χ1n) is 26.4. The van der Waals surface area contributed by atoms with Gasteiger partial charge in [-0.3, -0.25) is 0 Å². The zero-order chi connectivity index (χ0) is 52.4. The van der Waals surface area contributed by atoms with Gasteiger partial charge in [-0.05, 0) is 169 Å². The molecule has 5 heteroatoms. The number of fused-ring (bicyclic) bond motifs is 4. The molecule has 12 aromatic rings. The van der Waals surface area contributed by atoms with E-state index in [2.05, 4.69) is 170 Å². The van der Waals surface area contributed by atoms with Crippen LogP contribution in [0.4, 0.5) is 42.9 Å². The highest BCUT2D eigenvalue weighted by atomic mass is 28.3. The van der Waals surface area contributed by atoms with E-state index in [4.69, 9.17) is 0 Å². The second-order valence-electron chi connectivity index (χ2n) is 20.9. The molecule has 0 amide bonds. The van der Waals surface area contributed by atoms with Crippen LogP contribution in [0.3, 0.4) is 0 Å². The minimum absolute atomic E-state index is 0.282. The van der Waals surface area contributed by atoms with Crippen molar-refractivity contribution in [2.24, 2.45) is 0 Å². The Morgan fingerprint density at radius 3 is 1.25 bits per heavy atom. The third-order valence-electron chi connectivity index (χ3n) is 15.7. The molecule has 0 fully saturated rings. The normalized spacial score (nSPS) is 12.4. The van der Waals surface area contributed by atoms with Crippen molar-refractivity contribution >= 4 is 74.1 Å². The second kappa shape index (κ2) is 19.2. The molecule has 0 atom stereocenters. The fraction of sp³-hybridized carbons (Fsp3) is 0.0556. The van der Waals surface area contributed by atoms with Crippen LogP contribution >= 0.6 is 0 Å². The Kier molecular flexibility index (Phi) is 11.9. The molecule has 13 rings (SSSR count). The maximum Gasteiger partial charge on any atom is 0.155 e.